The fourth-order valence-electron chi connectivity index (χ4n) is 2.01. The van der Waals surface area contributed by atoms with Gasteiger partial charge in [-0.2, -0.15) is 0 Å². The van der Waals surface area contributed by atoms with Crippen molar-refractivity contribution in [2.24, 2.45) is 5.73 Å². The summed E-state index contributed by atoms with van der Waals surface area (Å²) in [6.45, 7) is 1.97. The van der Waals surface area contributed by atoms with Crippen molar-refractivity contribution < 1.29 is 8.78 Å². The van der Waals surface area contributed by atoms with Gasteiger partial charge >= 0.3 is 0 Å². The van der Waals surface area contributed by atoms with Crippen molar-refractivity contribution >= 4 is 15.9 Å². The highest BCUT2D eigenvalue weighted by atomic mass is 79.9. The first-order valence-electron chi connectivity index (χ1n) is 5.93. The van der Waals surface area contributed by atoms with Crippen molar-refractivity contribution in [3.8, 4) is 0 Å². The number of aryl methyl sites for hydroxylation is 1. The molecule has 0 aliphatic heterocycles. The van der Waals surface area contributed by atoms with Crippen molar-refractivity contribution in [2.45, 2.75) is 19.4 Å². The second-order valence-corrected chi connectivity index (χ2v) is 5.38. The lowest BCUT2D eigenvalue weighted by Gasteiger charge is -2.15. The van der Waals surface area contributed by atoms with Gasteiger partial charge in [-0.3, -0.25) is 0 Å². The molecule has 0 fully saturated rings. The zero-order valence-corrected chi connectivity index (χ0v) is 12.0. The minimum absolute atomic E-state index is 0.108. The van der Waals surface area contributed by atoms with E-state index in [2.05, 4.69) is 15.9 Å². The smallest absolute Gasteiger partial charge is 0.137 e. The molecule has 4 heteroatoms. The summed E-state index contributed by atoms with van der Waals surface area (Å²) in [5, 5.41) is 0. The summed E-state index contributed by atoms with van der Waals surface area (Å²) in [4.78, 5) is 0. The van der Waals surface area contributed by atoms with Crippen molar-refractivity contribution in [2.75, 3.05) is 0 Å². The van der Waals surface area contributed by atoms with Crippen molar-refractivity contribution in [3.05, 3.63) is 69.2 Å². The molecular weight excluding hydrogens is 312 g/mol. The minimum atomic E-state index is -0.566. The largest absolute Gasteiger partial charge is 0.324 e. The van der Waals surface area contributed by atoms with E-state index in [-0.39, 0.29) is 10.0 Å². The Balaban J connectivity index is 2.28. The summed E-state index contributed by atoms with van der Waals surface area (Å²) in [5.41, 5.74) is 8.32. The molecule has 1 atom stereocenters. The van der Waals surface area contributed by atoms with E-state index in [1.54, 1.807) is 0 Å². The van der Waals surface area contributed by atoms with E-state index in [1.807, 2.05) is 31.2 Å². The van der Waals surface area contributed by atoms with Gasteiger partial charge in [0.15, 0.2) is 0 Å². The molecular formula is C15H14BrF2N. The Kier molecular flexibility index (Phi) is 4.32. The van der Waals surface area contributed by atoms with Crippen LogP contribution in [0.1, 0.15) is 22.7 Å². The maximum Gasteiger partial charge on any atom is 0.137 e. The normalized spacial score (nSPS) is 12.5. The van der Waals surface area contributed by atoms with Crippen LogP contribution in [0.5, 0.6) is 0 Å². The Morgan fingerprint density at radius 2 is 1.84 bits per heavy atom. The molecule has 0 spiro atoms. The summed E-state index contributed by atoms with van der Waals surface area (Å²) >= 11 is 2.95. The first-order valence-corrected chi connectivity index (χ1v) is 6.73. The molecule has 0 aliphatic carbocycles. The maximum absolute atomic E-state index is 13.8. The van der Waals surface area contributed by atoms with Crippen LogP contribution in [0.2, 0.25) is 0 Å². The van der Waals surface area contributed by atoms with Crippen LogP contribution in [-0.2, 0) is 6.42 Å². The number of rotatable bonds is 3. The predicted octanol–water partition coefficient (Wildman–Crippen LogP) is 4.28. The van der Waals surface area contributed by atoms with E-state index in [9.17, 15) is 8.78 Å². The SMILES string of the molecule is Cc1ccccc1CC(N)c1cc(F)c(Br)cc1F. The van der Waals surface area contributed by atoms with Gasteiger partial charge in [-0.25, -0.2) is 8.78 Å². The van der Waals surface area contributed by atoms with Crippen LogP contribution in [0.4, 0.5) is 8.78 Å². The third kappa shape index (κ3) is 3.19. The minimum Gasteiger partial charge on any atom is -0.324 e. The van der Waals surface area contributed by atoms with E-state index >= 15 is 0 Å². The fraction of sp³-hybridized carbons (Fsp3) is 0.200. The third-order valence-electron chi connectivity index (χ3n) is 3.14. The zero-order chi connectivity index (χ0) is 14.0. The summed E-state index contributed by atoms with van der Waals surface area (Å²) in [7, 11) is 0. The molecule has 0 bridgehead atoms. The molecule has 0 aliphatic rings. The molecule has 0 saturated heterocycles. The first kappa shape index (κ1) is 14.2. The van der Waals surface area contributed by atoms with E-state index in [4.69, 9.17) is 5.73 Å². The van der Waals surface area contributed by atoms with Crippen molar-refractivity contribution in [3.63, 3.8) is 0 Å². The summed E-state index contributed by atoms with van der Waals surface area (Å²) in [6.07, 6.45) is 0.477. The molecule has 2 rings (SSSR count). The van der Waals surface area contributed by atoms with E-state index < -0.39 is 17.7 Å². The van der Waals surface area contributed by atoms with Crippen molar-refractivity contribution in [1.82, 2.24) is 0 Å². The molecule has 2 N–H and O–H groups in total. The van der Waals surface area contributed by atoms with Crippen LogP contribution in [0.3, 0.4) is 0 Å². The molecule has 1 unspecified atom stereocenters. The molecule has 1 nitrogen and oxygen atoms in total. The van der Waals surface area contributed by atoms with Crippen LogP contribution in [0, 0.1) is 18.6 Å². The topological polar surface area (TPSA) is 26.0 Å². The Morgan fingerprint density at radius 3 is 2.53 bits per heavy atom. The number of nitrogens with two attached hydrogens (primary N) is 1. The van der Waals surface area contributed by atoms with Crippen LogP contribution in [0.15, 0.2) is 40.9 Å². The van der Waals surface area contributed by atoms with Crippen LogP contribution < -0.4 is 5.73 Å². The lowest BCUT2D eigenvalue weighted by molar-refractivity contribution is 0.557. The second kappa shape index (κ2) is 5.80. The average Bonchev–Trinajstić information content (AvgIpc) is 2.36. The van der Waals surface area contributed by atoms with E-state index in [1.165, 1.54) is 0 Å². The monoisotopic (exact) mass is 325 g/mol. The molecule has 0 amide bonds. The Morgan fingerprint density at radius 1 is 1.16 bits per heavy atom. The lowest BCUT2D eigenvalue weighted by atomic mass is 9.96. The molecule has 19 heavy (non-hydrogen) atoms. The second-order valence-electron chi connectivity index (χ2n) is 4.52. The fourth-order valence-corrected chi connectivity index (χ4v) is 2.32. The van der Waals surface area contributed by atoms with Gasteiger partial charge in [0.05, 0.1) is 4.47 Å². The Bertz CT molecular complexity index is 599. The van der Waals surface area contributed by atoms with Gasteiger partial charge in [-0.05, 0) is 52.5 Å². The van der Waals surface area contributed by atoms with Gasteiger partial charge in [0.25, 0.3) is 0 Å². The molecule has 0 saturated carbocycles. The zero-order valence-electron chi connectivity index (χ0n) is 10.5. The number of halogens is 3. The number of hydrogen-bond donors (Lipinski definition) is 1. The lowest BCUT2D eigenvalue weighted by Crippen LogP contribution is -2.16. The van der Waals surface area contributed by atoms with Gasteiger partial charge in [0.2, 0.25) is 0 Å². The molecule has 0 heterocycles. The van der Waals surface area contributed by atoms with E-state index in [0.29, 0.717) is 6.42 Å². The maximum atomic E-state index is 13.8. The predicted molar refractivity (Wildman–Crippen MR) is 75.9 cm³/mol. The highest BCUT2D eigenvalue weighted by molar-refractivity contribution is 9.10. The summed E-state index contributed by atoms with van der Waals surface area (Å²) < 4.78 is 27.4. The standard InChI is InChI=1S/C15H14BrF2N/c1-9-4-2-3-5-10(9)6-15(19)11-7-14(18)12(16)8-13(11)17/h2-5,7-8,15H,6,19H2,1H3. The Labute approximate surface area is 119 Å². The molecule has 2 aromatic carbocycles. The molecule has 0 radical (unpaired) electrons. The summed E-state index contributed by atoms with van der Waals surface area (Å²) in [6, 6.07) is 9.47. The van der Waals surface area contributed by atoms with Gasteiger partial charge in [0.1, 0.15) is 11.6 Å². The van der Waals surface area contributed by atoms with Crippen LogP contribution >= 0.6 is 15.9 Å². The van der Waals surface area contributed by atoms with Crippen molar-refractivity contribution in [1.29, 1.82) is 0 Å². The third-order valence-corrected chi connectivity index (χ3v) is 3.75. The van der Waals surface area contributed by atoms with Crippen LogP contribution in [-0.4, -0.2) is 0 Å². The molecule has 2 aromatic rings. The van der Waals surface area contributed by atoms with Gasteiger partial charge in [-0.15, -0.1) is 0 Å². The highest BCUT2D eigenvalue weighted by Crippen LogP contribution is 2.25. The van der Waals surface area contributed by atoms with Gasteiger partial charge < -0.3 is 5.73 Å². The number of hydrogen-bond acceptors (Lipinski definition) is 1. The Hall–Kier alpha value is -1.26. The van der Waals surface area contributed by atoms with Gasteiger partial charge in [-0.1, -0.05) is 24.3 Å². The summed E-state index contributed by atoms with van der Waals surface area (Å²) in [5.74, 6) is -0.994. The quantitative estimate of drug-likeness (QED) is 0.837. The van der Waals surface area contributed by atoms with E-state index in [0.717, 1.165) is 23.3 Å². The molecule has 0 aromatic heterocycles. The van der Waals surface area contributed by atoms with Crippen LogP contribution in [0.25, 0.3) is 0 Å². The number of benzene rings is 2. The highest BCUT2D eigenvalue weighted by Gasteiger charge is 2.16. The molecule has 100 valence electrons. The average molecular weight is 326 g/mol. The first-order chi connectivity index (χ1) is 8.99. The van der Waals surface area contributed by atoms with Gasteiger partial charge in [0, 0.05) is 11.6 Å².